The van der Waals surface area contributed by atoms with E-state index in [2.05, 4.69) is 33.5 Å². The first-order chi connectivity index (χ1) is 8.58. The van der Waals surface area contributed by atoms with Gasteiger partial charge in [0.25, 0.3) is 5.91 Å². The number of carbonyl (C=O) groups excluding carboxylic acids is 1. The van der Waals surface area contributed by atoms with Gasteiger partial charge in [0.1, 0.15) is 5.82 Å². The molecule has 106 valence electrons. The molecule has 1 fully saturated rings. The highest BCUT2D eigenvalue weighted by molar-refractivity contribution is 9.10. The molecule has 2 N–H and O–H groups in total. The zero-order valence-corrected chi connectivity index (χ0v) is 13.0. The molecule has 1 heterocycles. The lowest BCUT2D eigenvalue weighted by Gasteiger charge is -2.30. The van der Waals surface area contributed by atoms with Gasteiger partial charge in [0, 0.05) is 16.6 Å². The molecule has 19 heavy (non-hydrogen) atoms. The van der Waals surface area contributed by atoms with Crippen LogP contribution in [0, 0.1) is 5.82 Å². The molecule has 3 nitrogen and oxygen atoms in total. The molecule has 0 bridgehead atoms. The molecule has 2 atom stereocenters. The lowest BCUT2D eigenvalue weighted by Crippen LogP contribution is -2.51. The lowest BCUT2D eigenvalue weighted by atomic mass is 9.99. The van der Waals surface area contributed by atoms with E-state index in [1.54, 1.807) is 0 Å². The van der Waals surface area contributed by atoms with Crippen LogP contribution in [0.2, 0.25) is 0 Å². The molecular weight excluding hydrogens is 335 g/mol. The third kappa shape index (κ3) is 4.16. The first-order valence-corrected chi connectivity index (χ1v) is 6.86. The van der Waals surface area contributed by atoms with Gasteiger partial charge in [-0.25, -0.2) is 4.39 Å². The Morgan fingerprint density at radius 1 is 1.53 bits per heavy atom. The SMILES string of the molecule is CC1NCCCC1NC(=O)c1ccc(F)cc1Br.Cl. The summed E-state index contributed by atoms with van der Waals surface area (Å²) in [5.74, 6) is -0.520. The Morgan fingerprint density at radius 2 is 2.26 bits per heavy atom. The Kier molecular flexibility index (Phi) is 6.23. The van der Waals surface area contributed by atoms with Crippen LogP contribution in [0.25, 0.3) is 0 Å². The van der Waals surface area contributed by atoms with E-state index < -0.39 is 0 Å². The van der Waals surface area contributed by atoms with Crippen molar-refractivity contribution in [1.82, 2.24) is 10.6 Å². The maximum atomic E-state index is 13.0. The first-order valence-electron chi connectivity index (χ1n) is 6.07. The predicted octanol–water partition coefficient (Wildman–Crippen LogP) is 2.88. The van der Waals surface area contributed by atoms with Crippen LogP contribution in [-0.4, -0.2) is 24.5 Å². The summed E-state index contributed by atoms with van der Waals surface area (Å²) in [7, 11) is 0. The normalized spacial score (nSPS) is 22.5. The van der Waals surface area contributed by atoms with Crippen molar-refractivity contribution in [3.63, 3.8) is 0 Å². The highest BCUT2D eigenvalue weighted by atomic mass is 79.9. The number of carbonyl (C=O) groups is 1. The molecule has 0 saturated carbocycles. The topological polar surface area (TPSA) is 41.1 Å². The zero-order chi connectivity index (χ0) is 13.1. The van der Waals surface area contributed by atoms with Crippen LogP contribution in [0.1, 0.15) is 30.1 Å². The van der Waals surface area contributed by atoms with Gasteiger partial charge in [-0.3, -0.25) is 4.79 Å². The van der Waals surface area contributed by atoms with Crippen LogP contribution in [0.15, 0.2) is 22.7 Å². The molecule has 0 aliphatic carbocycles. The van der Waals surface area contributed by atoms with E-state index in [9.17, 15) is 9.18 Å². The number of nitrogens with one attached hydrogen (secondary N) is 2. The standard InChI is InChI=1S/C13H16BrFN2O.ClH/c1-8-12(3-2-6-16-8)17-13(18)10-5-4-9(15)7-11(10)14;/h4-5,7-8,12,16H,2-3,6H2,1H3,(H,17,18);1H. The Hall–Kier alpha value is -0.650. The second-order valence-electron chi connectivity index (χ2n) is 4.59. The highest BCUT2D eigenvalue weighted by Gasteiger charge is 2.23. The second kappa shape index (κ2) is 7.22. The Bertz CT molecular complexity index is 458. The molecule has 2 rings (SSSR count). The largest absolute Gasteiger partial charge is 0.348 e. The minimum atomic E-state index is -0.355. The predicted molar refractivity (Wildman–Crippen MR) is 79.3 cm³/mol. The van der Waals surface area contributed by atoms with Gasteiger partial charge in [0.2, 0.25) is 0 Å². The van der Waals surface area contributed by atoms with E-state index >= 15 is 0 Å². The highest BCUT2D eigenvalue weighted by Crippen LogP contribution is 2.19. The Balaban J connectivity index is 0.00000180. The maximum absolute atomic E-state index is 13.0. The van der Waals surface area contributed by atoms with E-state index in [1.807, 2.05) is 0 Å². The lowest BCUT2D eigenvalue weighted by molar-refractivity contribution is 0.0919. The first kappa shape index (κ1) is 16.4. The van der Waals surface area contributed by atoms with Gasteiger partial charge in [-0.15, -0.1) is 12.4 Å². The fourth-order valence-corrected chi connectivity index (χ4v) is 2.69. The molecular formula is C13H17BrClFN2O. The smallest absolute Gasteiger partial charge is 0.252 e. The number of piperidine rings is 1. The van der Waals surface area contributed by atoms with Crippen LogP contribution < -0.4 is 10.6 Å². The van der Waals surface area contributed by atoms with E-state index in [0.717, 1.165) is 19.4 Å². The molecule has 1 amide bonds. The minimum absolute atomic E-state index is 0. The number of halogens is 3. The molecule has 2 unspecified atom stereocenters. The van der Waals surface area contributed by atoms with Gasteiger partial charge in [0.05, 0.1) is 5.56 Å². The summed E-state index contributed by atoms with van der Waals surface area (Å²) in [6.45, 7) is 3.05. The van der Waals surface area contributed by atoms with Crippen molar-refractivity contribution in [3.05, 3.63) is 34.1 Å². The van der Waals surface area contributed by atoms with Crippen LogP contribution in [0.4, 0.5) is 4.39 Å². The summed E-state index contributed by atoms with van der Waals surface area (Å²) in [4.78, 5) is 12.1. The van der Waals surface area contributed by atoms with Crippen molar-refractivity contribution in [2.45, 2.75) is 31.8 Å². The average molecular weight is 352 g/mol. The van der Waals surface area contributed by atoms with Crippen LogP contribution >= 0.6 is 28.3 Å². The van der Waals surface area contributed by atoms with Crippen LogP contribution in [-0.2, 0) is 0 Å². The quantitative estimate of drug-likeness (QED) is 0.860. The summed E-state index contributed by atoms with van der Waals surface area (Å²) in [6.07, 6.45) is 2.03. The number of rotatable bonds is 2. The van der Waals surface area contributed by atoms with Gasteiger partial charge in [-0.2, -0.15) is 0 Å². The molecule has 0 spiro atoms. The Morgan fingerprint density at radius 3 is 2.89 bits per heavy atom. The number of amides is 1. The molecule has 0 radical (unpaired) electrons. The van der Waals surface area contributed by atoms with Crippen LogP contribution in [0.3, 0.4) is 0 Å². The number of benzene rings is 1. The fourth-order valence-electron chi connectivity index (χ4n) is 2.16. The molecule has 0 aromatic heterocycles. The van der Waals surface area contributed by atoms with Gasteiger partial charge in [-0.05, 0) is 60.4 Å². The molecule has 6 heteroatoms. The third-order valence-corrected chi connectivity index (χ3v) is 3.91. The molecule has 1 aliphatic rings. The van der Waals surface area contributed by atoms with Crippen molar-refractivity contribution in [1.29, 1.82) is 0 Å². The molecule has 1 aromatic rings. The van der Waals surface area contributed by atoms with Crippen LogP contribution in [0.5, 0.6) is 0 Å². The van der Waals surface area contributed by atoms with E-state index in [0.29, 0.717) is 10.0 Å². The number of hydrogen-bond donors (Lipinski definition) is 2. The van der Waals surface area contributed by atoms with E-state index in [-0.39, 0.29) is 36.2 Å². The number of hydrogen-bond acceptors (Lipinski definition) is 2. The van der Waals surface area contributed by atoms with E-state index in [4.69, 9.17) is 0 Å². The van der Waals surface area contributed by atoms with Crippen molar-refractivity contribution in [3.8, 4) is 0 Å². The van der Waals surface area contributed by atoms with Crippen molar-refractivity contribution in [2.24, 2.45) is 0 Å². The summed E-state index contributed by atoms with van der Waals surface area (Å²) in [6, 6.07) is 4.49. The van der Waals surface area contributed by atoms with Gasteiger partial charge in [0.15, 0.2) is 0 Å². The van der Waals surface area contributed by atoms with Gasteiger partial charge in [-0.1, -0.05) is 0 Å². The summed E-state index contributed by atoms with van der Waals surface area (Å²) >= 11 is 3.21. The van der Waals surface area contributed by atoms with Crippen molar-refractivity contribution in [2.75, 3.05) is 6.54 Å². The van der Waals surface area contributed by atoms with Gasteiger partial charge < -0.3 is 10.6 Å². The summed E-state index contributed by atoms with van der Waals surface area (Å²) < 4.78 is 13.4. The second-order valence-corrected chi connectivity index (χ2v) is 5.44. The third-order valence-electron chi connectivity index (χ3n) is 3.25. The fraction of sp³-hybridized carbons (Fsp3) is 0.462. The van der Waals surface area contributed by atoms with E-state index in [1.165, 1.54) is 18.2 Å². The molecule has 1 saturated heterocycles. The monoisotopic (exact) mass is 350 g/mol. The zero-order valence-electron chi connectivity index (χ0n) is 10.6. The summed E-state index contributed by atoms with van der Waals surface area (Å²) in [5, 5.41) is 6.32. The molecule has 1 aromatic carbocycles. The Labute approximate surface area is 126 Å². The minimum Gasteiger partial charge on any atom is -0.348 e. The average Bonchev–Trinajstić information content (AvgIpc) is 2.32. The maximum Gasteiger partial charge on any atom is 0.252 e. The van der Waals surface area contributed by atoms with Crippen molar-refractivity contribution < 1.29 is 9.18 Å². The van der Waals surface area contributed by atoms with Crippen molar-refractivity contribution >= 4 is 34.2 Å². The van der Waals surface area contributed by atoms with Gasteiger partial charge >= 0.3 is 0 Å². The molecule has 1 aliphatic heterocycles. The summed E-state index contributed by atoms with van der Waals surface area (Å²) in [5.41, 5.74) is 0.467.